The van der Waals surface area contributed by atoms with Gasteiger partial charge in [-0.2, -0.15) is 0 Å². The topological polar surface area (TPSA) is 64.4 Å². The van der Waals surface area contributed by atoms with E-state index in [-0.39, 0.29) is 11.9 Å². The summed E-state index contributed by atoms with van der Waals surface area (Å²) in [6, 6.07) is 8.50. The van der Waals surface area contributed by atoms with Crippen LogP contribution in [-0.2, 0) is 4.74 Å². The lowest BCUT2D eigenvalue weighted by atomic mass is 10.2. The maximum absolute atomic E-state index is 12.2. The minimum Gasteiger partial charge on any atom is -0.467 e. The normalized spacial score (nSPS) is 12.3. The van der Waals surface area contributed by atoms with Crippen molar-refractivity contribution < 1.29 is 13.9 Å². The van der Waals surface area contributed by atoms with Crippen molar-refractivity contribution in [1.29, 1.82) is 0 Å². The number of furan rings is 1. The van der Waals surface area contributed by atoms with Gasteiger partial charge in [0.15, 0.2) is 0 Å². The van der Waals surface area contributed by atoms with Gasteiger partial charge in [0.1, 0.15) is 17.5 Å². The van der Waals surface area contributed by atoms with Gasteiger partial charge in [0.2, 0.25) is 0 Å². The Morgan fingerprint density at radius 3 is 2.76 bits per heavy atom. The van der Waals surface area contributed by atoms with Crippen LogP contribution in [0.5, 0.6) is 0 Å². The van der Waals surface area contributed by atoms with Gasteiger partial charge in [-0.3, -0.25) is 9.78 Å². The quantitative estimate of drug-likeness (QED) is 0.851. The molecule has 0 unspecified atom stereocenters. The molecule has 2 aromatic heterocycles. The van der Waals surface area contributed by atoms with E-state index in [1.165, 1.54) is 0 Å². The van der Waals surface area contributed by atoms with Gasteiger partial charge < -0.3 is 14.5 Å². The smallest absolute Gasteiger partial charge is 0.270 e. The first kappa shape index (κ1) is 15.3. The standard InChI is InChI=1S/C16H20N2O3/c1-12(2)10-20-11-14(15-7-5-9-21-15)18-16(19)13-6-3-4-8-17-13/h3-9,12,14H,10-11H2,1-2H3,(H,18,19)/t14-/m1/s1. The van der Waals surface area contributed by atoms with Crippen LogP contribution in [0, 0.1) is 5.92 Å². The fourth-order valence-electron chi connectivity index (χ4n) is 1.84. The van der Waals surface area contributed by atoms with Crippen LogP contribution in [0.2, 0.25) is 0 Å². The van der Waals surface area contributed by atoms with E-state index in [0.29, 0.717) is 30.6 Å². The van der Waals surface area contributed by atoms with E-state index in [9.17, 15) is 4.79 Å². The van der Waals surface area contributed by atoms with Crippen molar-refractivity contribution >= 4 is 5.91 Å². The van der Waals surface area contributed by atoms with Crippen molar-refractivity contribution in [3.63, 3.8) is 0 Å². The minimum absolute atomic E-state index is 0.245. The Balaban J connectivity index is 2.00. The van der Waals surface area contributed by atoms with Gasteiger partial charge in [0.25, 0.3) is 5.91 Å². The third-order valence-electron chi connectivity index (χ3n) is 2.83. The summed E-state index contributed by atoms with van der Waals surface area (Å²) < 4.78 is 11.0. The summed E-state index contributed by atoms with van der Waals surface area (Å²) in [6.45, 7) is 5.16. The molecule has 1 amide bonds. The third-order valence-corrected chi connectivity index (χ3v) is 2.83. The monoisotopic (exact) mass is 288 g/mol. The fraction of sp³-hybridized carbons (Fsp3) is 0.375. The third kappa shape index (κ3) is 4.72. The highest BCUT2D eigenvalue weighted by Gasteiger charge is 2.19. The highest BCUT2D eigenvalue weighted by atomic mass is 16.5. The average Bonchev–Trinajstić information content (AvgIpc) is 3.01. The highest BCUT2D eigenvalue weighted by Crippen LogP contribution is 2.15. The maximum atomic E-state index is 12.2. The number of carbonyl (C=O) groups is 1. The number of nitrogens with one attached hydrogen (secondary N) is 1. The SMILES string of the molecule is CC(C)COC[C@@H](NC(=O)c1ccccn1)c1ccco1. The number of nitrogens with zero attached hydrogens (tertiary/aromatic N) is 1. The second-order valence-corrected chi connectivity index (χ2v) is 5.19. The number of carbonyl (C=O) groups excluding carboxylic acids is 1. The molecule has 0 aliphatic heterocycles. The molecule has 1 N–H and O–H groups in total. The summed E-state index contributed by atoms with van der Waals surface area (Å²) in [5.41, 5.74) is 0.373. The Bertz CT molecular complexity index is 538. The zero-order valence-corrected chi connectivity index (χ0v) is 12.3. The predicted molar refractivity (Wildman–Crippen MR) is 78.8 cm³/mol. The summed E-state index contributed by atoms with van der Waals surface area (Å²) in [7, 11) is 0. The van der Waals surface area contributed by atoms with Crippen LogP contribution in [0.4, 0.5) is 0 Å². The molecule has 2 aromatic rings. The van der Waals surface area contributed by atoms with E-state index in [2.05, 4.69) is 24.1 Å². The predicted octanol–water partition coefficient (Wildman–Crippen LogP) is 2.82. The first-order valence-corrected chi connectivity index (χ1v) is 7.00. The molecule has 0 aliphatic carbocycles. The average molecular weight is 288 g/mol. The van der Waals surface area contributed by atoms with Crippen molar-refractivity contribution in [1.82, 2.24) is 10.3 Å². The lowest BCUT2D eigenvalue weighted by Gasteiger charge is -2.17. The molecular weight excluding hydrogens is 268 g/mol. The molecule has 0 aliphatic rings. The molecule has 0 spiro atoms. The number of amides is 1. The van der Waals surface area contributed by atoms with Crippen LogP contribution in [0.15, 0.2) is 47.2 Å². The van der Waals surface area contributed by atoms with Gasteiger partial charge in [-0.1, -0.05) is 19.9 Å². The Labute approximate surface area is 124 Å². The number of aromatic nitrogens is 1. The van der Waals surface area contributed by atoms with Crippen molar-refractivity contribution in [3.8, 4) is 0 Å². The van der Waals surface area contributed by atoms with Crippen molar-refractivity contribution in [2.45, 2.75) is 19.9 Å². The molecule has 2 heterocycles. The molecule has 2 rings (SSSR count). The Morgan fingerprint density at radius 2 is 2.14 bits per heavy atom. The lowest BCUT2D eigenvalue weighted by Crippen LogP contribution is -2.32. The van der Waals surface area contributed by atoms with Gasteiger partial charge in [-0.15, -0.1) is 0 Å². The van der Waals surface area contributed by atoms with Crippen molar-refractivity contribution in [2.75, 3.05) is 13.2 Å². The summed E-state index contributed by atoms with van der Waals surface area (Å²) in [5.74, 6) is 0.863. The molecule has 0 aromatic carbocycles. The van der Waals surface area contributed by atoms with Gasteiger partial charge in [0.05, 0.1) is 12.9 Å². The molecule has 0 fully saturated rings. The van der Waals surface area contributed by atoms with Crippen LogP contribution in [0.25, 0.3) is 0 Å². The van der Waals surface area contributed by atoms with Gasteiger partial charge in [-0.25, -0.2) is 0 Å². The molecule has 5 nitrogen and oxygen atoms in total. The fourth-order valence-corrected chi connectivity index (χ4v) is 1.84. The molecule has 5 heteroatoms. The Hall–Kier alpha value is -2.14. The second-order valence-electron chi connectivity index (χ2n) is 5.19. The summed E-state index contributed by atoms with van der Waals surface area (Å²) >= 11 is 0. The van der Waals surface area contributed by atoms with E-state index in [1.807, 2.05) is 6.07 Å². The number of hydrogen-bond donors (Lipinski definition) is 1. The number of ether oxygens (including phenoxy) is 1. The molecule has 0 saturated heterocycles. The van der Waals surface area contributed by atoms with E-state index in [4.69, 9.17) is 9.15 Å². The summed E-state index contributed by atoms with van der Waals surface area (Å²) in [4.78, 5) is 16.2. The highest BCUT2D eigenvalue weighted by molar-refractivity contribution is 5.92. The van der Waals surface area contributed by atoms with Crippen LogP contribution in [0.3, 0.4) is 0 Å². The molecule has 0 radical (unpaired) electrons. The van der Waals surface area contributed by atoms with Gasteiger partial charge in [0, 0.05) is 12.8 Å². The number of hydrogen-bond acceptors (Lipinski definition) is 4. The van der Waals surface area contributed by atoms with Gasteiger partial charge >= 0.3 is 0 Å². The van der Waals surface area contributed by atoms with Crippen LogP contribution >= 0.6 is 0 Å². The zero-order valence-electron chi connectivity index (χ0n) is 12.3. The molecular formula is C16H20N2O3. The van der Waals surface area contributed by atoms with Crippen LogP contribution in [0.1, 0.15) is 36.1 Å². The zero-order chi connectivity index (χ0) is 15.1. The molecule has 112 valence electrons. The van der Waals surface area contributed by atoms with E-state index in [0.717, 1.165) is 0 Å². The molecule has 21 heavy (non-hydrogen) atoms. The number of rotatable bonds is 7. The van der Waals surface area contributed by atoms with Crippen LogP contribution < -0.4 is 5.32 Å². The summed E-state index contributed by atoms with van der Waals surface area (Å²) in [6.07, 6.45) is 3.17. The van der Waals surface area contributed by atoms with E-state index < -0.39 is 0 Å². The Morgan fingerprint density at radius 1 is 1.29 bits per heavy atom. The first-order valence-electron chi connectivity index (χ1n) is 7.00. The molecule has 1 atom stereocenters. The summed E-state index contributed by atoms with van der Waals surface area (Å²) in [5, 5.41) is 2.89. The second kappa shape index (κ2) is 7.59. The van der Waals surface area contributed by atoms with E-state index >= 15 is 0 Å². The number of pyridine rings is 1. The van der Waals surface area contributed by atoms with E-state index in [1.54, 1.807) is 36.7 Å². The van der Waals surface area contributed by atoms with Gasteiger partial charge in [-0.05, 0) is 30.2 Å². The molecule has 0 saturated carbocycles. The molecule has 0 bridgehead atoms. The minimum atomic E-state index is -0.326. The van der Waals surface area contributed by atoms with Crippen LogP contribution in [-0.4, -0.2) is 24.1 Å². The lowest BCUT2D eigenvalue weighted by molar-refractivity contribution is 0.0727. The van der Waals surface area contributed by atoms with Crippen molar-refractivity contribution in [3.05, 3.63) is 54.2 Å². The largest absolute Gasteiger partial charge is 0.467 e. The first-order chi connectivity index (χ1) is 10.2. The van der Waals surface area contributed by atoms with Crippen molar-refractivity contribution in [2.24, 2.45) is 5.92 Å². The Kier molecular flexibility index (Phi) is 5.51. The maximum Gasteiger partial charge on any atom is 0.270 e.